The van der Waals surface area contributed by atoms with E-state index in [-0.39, 0.29) is 30.1 Å². The van der Waals surface area contributed by atoms with Crippen molar-refractivity contribution in [1.29, 1.82) is 0 Å². The second kappa shape index (κ2) is 8.38. The summed E-state index contributed by atoms with van der Waals surface area (Å²) in [7, 11) is 1.74. The number of likely N-dealkylation sites (N-methyl/N-ethyl adjacent to an activating group) is 1. The number of carbonyl (C=O) groups excluding carboxylic acids is 1. The number of hydrogen-bond acceptors (Lipinski definition) is 3. The standard InChI is InChI=1S/C20H23F2N3O/c1-24(13-15-5-7-17(21)8-6-15)20(26)14-25-10-9-23-12-19(25)16-3-2-4-18(22)11-16/h2-8,11,19,23H,9-10,12-14H2,1H3. The minimum absolute atomic E-state index is 0.0161. The van der Waals surface area contributed by atoms with Gasteiger partial charge in [0.1, 0.15) is 11.6 Å². The van der Waals surface area contributed by atoms with Crippen molar-refractivity contribution >= 4 is 5.91 Å². The van der Waals surface area contributed by atoms with Gasteiger partial charge in [-0.05, 0) is 35.4 Å². The molecule has 1 atom stereocenters. The summed E-state index contributed by atoms with van der Waals surface area (Å²) in [5, 5.41) is 3.31. The molecule has 1 amide bonds. The normalized spacial score (nSPS) is 17.9. The van der Waals surface area contributed by atoms with Crippen LogP contribution in [0.2, 0.25) is 0 Å². The third-order valence-electron chi connectivity index (χ3n) is 4.68. The molecule has 6 heteroatoms. The Balaban J connectivity index is 1.65. The summed E-state index contributed by atoms with van der Waals surface area (Å²) in [4.78, 5) is 16.4. The molecule has 1 aliphatic heterocycles. The fraction of sp³-hybridized carbons (Fsp3) is 0.350. The average Bonchev–Trinajstić information content (AvgIpc) is 2.64. The Kier molecular flexibility index (Phi) is 5.96. The molecule has 26 heavy (non-hydrogen) atoms. The van der Waals surface area contributed by atoms with Crippen LogP contribution in [0.1, 0.15) is 17.2 Å². The lowest BCUT2D eigenvalue weighted by molar-refractivity contribution is -0.132. The lowest BCUT2D eigenvalue weighted by Crippen LogP contribution is -2.49. The zero-order valence-electron chi connectivity index (χ0n) is 14.8. The summed E-state index contributed by atoms with van der Waals surface area (Å²) in [6.07, 6.45) is 0. The maximum atomic E-state index is 13.6. The topological polar surface area (TPSA) is 35.6 Å². The molecule has 1 saturated heterocycles. The molecule has 2 aromatic carbocycles. The van der Waals surface area contributed by atoms with E-state index in [0.29, 0.717) is 13.1 Å². The van der Waals surface area contributed by atoms with Crippen molar-refractivity contribution in [1.82, 2.24) is 15.1 Å². The molecular weight excluding hydrogens is 336 g/mol. The molecule has 1 heterocycles. The fourth-order valence-corrected chi connectivity index (χ4v) is 3.22. The SMILES string of the molecule is CN(Cc1ccc(F)cc1)C(=O)CN1CCNCC1c1cccc(F)c1. The fourth-order valence-electron chi connectivity index (χ4n) is 3.22. The Morgan fingerprint density at radius 1 is 1.19 bits per heavy atom. The minimum Gasteiger partial charge on any atom is -0.340 e. The van der Waals surface area contributed by atoms with Crippen molar-refractivity contribution in [2.75, 3.05) is 33.2 Å². The first-order valence-electron chi connectivity index (χ1n) is 8.71. The van der Waals surface area contributed by atoms with Gasteiger partial charge in [0.15, 0.2) is 0 Å². The van der Waals surface area contributed by atoms with Crippen molar-refractivity contribution in [3.8, 4) is 0 Å². The minimum atomic E-state index is -0.290. The van der Waals surface area contributed by atoms with E-state index in [1.54, 1.807) is 30.1 Å². The maximum Gasteiger partial charge on any atom is 0.236 e. The molecular formula is C20H23F2N3O. The van der Waals surface area contributed by atoms with Gasteiger partial charge < -0.3 is 10.2 Å². The molecule has 0 bridgehead atoms. The maximum absolute atomic E-state index is 13.6. The van der Waals surface area contributed by atoms with Crippen LogP contribution in [0.5, 0.6) is 0 Å². The van der Waals surface area contributed by atoms with Crippen LogP contribution in [0.15, 0.2) is 48.5 Å². The van der Waals surface area contributed by atoms with Gasteiger partial charge in [-0.2, -0.15) is 0 Å². The predicted molar refractivity (Wildman–Crippen MR) is 96.5 cm³/mol. The Morgan fingerprint density at radius 2 is 1.96 bits per heavy atom. The van der Waals surface area contributed by atoms with Gasteiger partial charge in [-0.3, -0.25) is 9.69 Å². The Bertz CT molecular complexity index is 751. The molecule has 2 aromatic rings. The lowest BCUT2D eigenvalue weighted by atomic mass is 10.0. The molecule has 0 aromatic heterocycles. The monoisotopic (exact) mass is 359 g/mol. The molecule has 1 aliphatic rings. The molecule has 1 N–H and O–H groups in total. The van der Waals surface area contributed by atoms with Gasteiger partial charge in [0.2, 0.25) is 5.91 Å². The summed E-state index contributed by atoms with van der Waals surface area (Å²) < 4.78 is 26.6. The van der Waals surface area contributed by atoms with E-state index in [0.717, 1.165) is 24.2 Å². The third-order valence-corrected chi connectivity index (χ3v) is 4.68. The number of carbonyl (C=O) groups is 1. The van der Waals surface area contributed by atoms with Crippen LogP contribution in [0, 0.1) is 11.6 Å². The zero-order chi connectivity index (χ0) is 18.5. The van der Waals surface area contributed by atoms with E-state index in [9.17, 15) is 13.6 Å². The highest BCUT2D eigenvalue weighted by molar-refractivity contribution is 5.78. The molecule has 1 fully saturated rings. The first kappa shape index (κ1) is 18.5. The van der Waals surface area contributed by atoms with Crippen molar-refractivity contribution in [2.45, 2.75) is 12.6 Å². The van der Waals surface area contributed by atoms with Crippen LogP contribution in [0.25, 0.3) is 0 Å². The second-order valence-corrected chi connectivity index (χ2v) is 6.62. The van der Waals surface area contributed by atoms with Crippen LogP contribution in [0.4, 0.5) is 8.78 Å². The number of halogens is 2. The molecule has 4 nitrogen and oxygen atoms in total. The van der Waals surface area contributed by atoms with Crippen LogP contribution in [-0.2, 0) is 11.3 Å². The molecule has 0 spiro atoms. The zero-order valence-corrected chi connectivity index (χ0v) is 14.8. The largest absolute Gasteiger partial charge is 0.340 e. The van der Waals surface area contributed by atoms with Crippen LogP contribution >= 0.6 is 0 Å². The summed E-state index contributed by atoms with van der Waals surface area (Å²) in [5.74, 6) is -0.577. The average molecular weight is 359 g/mol. The molecule has 3 rings (SSSR count). The molecule has 0 aliphatic carbocycles. The van der Waals surface area contributed by atoms with Gasteiger partial charge >= 0.3 is 0 Å². The Labute approximate surface area is 152 Å². The van der Waals surface area contributed by atoms with Crippen LogP contribution < -0.4 is 5.32 Å². The first-order valence-corrected chi connectivity index (χ1v) is 8.71. The highest BCUT2D eigenvalue weighted by atomic mass is 19.1. The summed E-state index contributed by atoms with van der Waals surface area (Å²) in [6, 6.07) is 12.6. The van der Waals surface area contributed by atoms with E-state index >= 15 is 0 Å². The Hall–Kier alpha value is -2.31. The van der Waals surface area contributed by atoms with Gasteiger partial charge in [0.25, 0.3) is 0 Å². The number of rotatable bonds is 5. The smallest absolute Gasteiger partial charge is 0.236 e. The van der Waals surface area contributed by atoms with E-state index in [1.165, 1.54) is 24.3 Å². The number of nitrogens with zero attached hydrogens (tertiary/aromatic N) is 2. The summed E-state index contributed by atoms with van der Waals surface area (Å²) in [6.45, 7) is 2.88. The van der Waals surface area contributed by atoms with E-state index < -0.39 is 0 Å². The number of piperazine rings is 1. The predicted octanol–water partition coefficient (Wildman–Crippen LogP) is 2.57. The molecule has 0 saturated carbocycles. The quantitative estimate of drug-likeness (QED) is 0.891. The second-order valence-electron chi connectivity index (χ2n) is 6.62. The Morgan fingerprint density at radius 3 is 2.69 bits per heavy atom. The molecule has 138 valence electrons. The third kappa shape index (κ3) is 4.65. The number of hydrogen-bond donors (Lipinski definition) is 1. The van der Waals surface area contributed by atoms with E-state index in [4.69, 9.17) is 0 Å². The number of amides is 1. The van der Waals surface area contributed by atoms with Gasteiger partial charge in [-0.15, -0.1) is 0 Å². The van der Waals surface area contributed by atoms with E-state index in [1.807, 2.05) is 6.07 Å². The van der Waals surface area contributed by atoms with Crippen molar-refractivity contribution in [3.63, 3.8) is 0 Å². The highest BCUT2D eigenvalue weighted by Crippen LogP contribution is 2.23. The summed E-state index contributed by atoms with van der Waals surface area (Å²) in [5.41, 5.74) is 1.75. The van der Waals surface area contributed by atoms with Gasteiger partial charge in [0.05, 0.1) is 6.54 Å². The van der Waals surface area contributed by atoms with E-state index in [2.05, 4.69) is 10.2 Å². The van der Waals surface area contributed by atoms with Crippen LogP contribution in [-0.4, -0.2) is 48.9 Å². The first-order chi connectivity index (χ1) is 12.5. The van der Waals surface area contributed by atoms with Gasteiger partial charge in [-0.1, -0.05) is 24.3 Å². The molecule has 0 radical (unpaired) electrons. The lowest BCUT2D eigenvalue weighted by Gasteiger charge is -2.36. The van der Waals surface area contributed by atoms with Gasteiger partial charge in [-0.25, -0.2) is 8.78 Å². The van der Waals surface area contributed by atoms with Crippen LogP contribution in [0.3, 0.4) is 0 Å². The summed E-state index contributed by atoms with van der Waals surface area (Å²) >= 11 is 0. The number of benzene rings is 2. The van der Waals surface area contributed by atoms with Gasteiger partial charge in [0, 0.05) is 39.3 Å². The van der Waals surface area contributed by atoms with Crippen molar-refractivity contribution in [3.05, 3.63) is 71.3 Å². The van der Waals surface area contributed by atoms with Crippen molar-refractivity contribution < 1.29 is 13.6 Å². The molecule has 1 unspecified atom stereocenters. The number of nitrogens with one attached hydrogen (secondary N) is 1. The van der Waals surface area contributed by atoms with Crippen molar-refractivity contribution in [2.24, 2.45) is 0 Å². The highest BCUT2D eigenvalue weighted by Gasteiger charge is 2.26.